The normalized spacial score (nSPS) is 21.4. The smallest absolute Gasteiger partial charge is 0.410 e. The Bertz CT molecular complexity index is 817. The third kappa shape index (κ3) is 6.42. The second kappa shape index (κ2) is 10.2. The van der Waals surface area contributed by atoms with Crippen LogP contribution in [0.5, 0.6) is 0 Å². The van der Waals surface area contributed by atoms with E-state index in [0.717, 1.165) is 37.4 Å². The molecule has 1 aromatic rings. The Kier molecular flexibility index (Phi) is 7.77. The molecule has 1 saturated heterocycles. The van der Waals surface area contributed by atoms with Gasteiger partial charge in [-0.15, -0.1) is 0 Å². The Labute approximate surface area is 189 Å². The molecule has 7 nitrogen and oxygen atoms in total. The first kappa shape index (κ1) is 24.5. The van der Waals surface area contributed by atoms with Crippen LogP contribution in [0.25, 0.3) is 0 Å². The highest BCUT2D eigenvalue weighted by atomic mass is 19.1. The van der Waals surface area contributed by atoms with Crippen molar-refractivity contribution in [2.45, 2.75) is 52.2 Å². The zero-order valence-corrected chi connectivity index (χ0v) is 19.7. The first-order chi connectivity index (χ1) is 15.1. The molecule has 8 heteroatoms. The van der Waals surface area contributed by atoms with Crippen molar-refractivity contribution in [3.8, 4) is 0 Å². The van der Waals surface area contributed by atoms with Gasteiger partial charge in [0, 0.05) is 20.1 Å². The minimum atomic E-state index is -0.582. The average Bonchev–Trinajstić information content (AvgIpc) is 3.51. The summed E-state index contributed by atoms with van der Waals surface area (Å²) in [6.07, 6.45) is 2.91. The van der Waals surface area contributed by atoms with Crippen LogP contribution in [0.3, 0.4) is 0 Å². The number of carbonyl (C=O) groups excluding carboxylic acids is 2. The molecule has 1 saturated carbocycles. The number of amides is 2. The molecule has 2 amide bonds. The predicted octanol–water partition coefficient (Wildman–Crippen LogP) is 4.26. The molecule has 0 spiro atoms. The SMILES string of the molecule is CON(C)C(=O)c1ccc(COC[C@@H]2C[C@@H]2C2CCN(C(=O)OC(C)(C)C)CC2)cc1F. The standard InChI is InChI=1S/C24H35FN2O5/c1-24(2,3)32-23(29)27-10-8-17(9-11-27)20-13-18(20)15-31-14-16-6-7-19(21(25)12-16)22(28)26(4)30-5/h6-7,12,17-18,20H,8-11,13-15H2,1-5H3/t18-,20+/m0/s1. The topological polar surface area (TPSA) is 68.3 Å². The van der Waals surface area contributed by atoms with Gasteiger partial charge in [-0.1, -0.05) is 6.07 Å². The van der Waals surface area contributed by atoms with Crippen LogP contribution in [0.1, 0.15) is 56.0 Å². The number of piperidine rings is 1. The Morgan fingerprint density at radius 2 is 1.91 bits per heavy atom. The summed E-state index contributed by atoms with van der Waals surface area (Å²) in [5, 5.41) is 0.986. The molecule has 1 aliphatic carbocycles. The second-order valence-electron chi connectivity index (χ2n) is 9.78. The van der Waals surface area contributed by atoms with Crippen molar-refractivity contribution in [1.29, 1.82) is 0 Å². The molecule has 3 rings (SSSR count). The molecule has 2 fully saturated rings. The Morgan fingerprint density at radius 1 is 1.22 bits per heavy atom. The second-order valence-corrected chi connectivity index (χ2v) is 9.78. The maximum Gasteiger partial charge on any atom is 0.410 e. The van der Waals surface area contributed by atoms with Gasteiger partial charge in [-0.2, -0.15) is 0 Å². The van der Waals surface area contributed by atoms with E-state index >= 15 is 0 Å². The van der Waals surface area contributed by atoms with Crippen molar-refractivity contribution in [1.82, 2.24) is 9.96 Å². The number of hydrogen-bond acceptors (Lipinski definition) is 5. The largest absolute Gasteiger partial charge is 0.444 e. The lowest BCUT2D eigenvalue weighted by Crippen LogP contribution is -2.42. The molecule has 32 heavy (non-hydrogen) atoms. The predicted molar refractivity (Wildman–Crippen MR) is 117 cm³/mol. The highest BCUT2D eigenvalue weighted by Gasteiger charge is 2.44. The molecule has 0 bridgehead atoms. The van der Waals surface area contributed by atoms with E-state index in [2.05, 4.69) is 0 Å². The van der Waals surface area contributed by atoms with E-state index < -0.39 is 17.3 Å². The molecule has 0 unspecified atom stereocenters. The van der Waals surface area contributed by atoms with Gasteiger partial charge in [0.1, 0.15) is 11.4 Å². The monoisotopic (exact) mass is 450 g/mol. The third-order valence-electron chi connectivity index (χ3n) is 6.20. The quantitative estimate of drug-likeness (QED) is 0.581. The summed E-state index contributed by atoms with van der Waals surface area (Å²) < 4.78 is 25.6. The van der Waals surface area contributed by atoms with Crippen LogP contribution in [0.15, 0.2) is 18.2 Å². The minimum absolute atomic E-state index is 0.0296. The molecule has 1 aromatic carbocycles. The number of hydroxylamine groups is 2. The lowest BCUT2D eigenvalue weighted by molar-refractivity contribution is -0.0759. The fraction of sp³-hybridized carbons (Fsp3) is 0.667. The van der Waals surface area contributed by atoms with Crippen LogP contribution in [-0.4, -0.2) is 61.4 Å². The van der Waals surface area contributed by atoms with E-state index in [1.807, 2.05) is 25.7 Å². The first-order valence-corrected chi connectivity index (χ1v) is 11.3. The van der Waals surface area contributed by atoms with Crippen molar-refractivity contribution >= 4 is 12.0 Å². The molecule has 0 N–H and O–H groups in total. The molecular formula is C24H35FN2O5. The zero-order valence-electron chi connectivity index (χ0n) is 19.7. The maximum atomic E-state index is 14.3. The fourth-order valence-electron chi connectivity index (χ4n) is 4.28. The molecule has 2 aliphatic rings. The van der Waals surface area contributed by atoms with Crippen molar-refractivity contribution in [2.75, 3.05) is 33.9 Å². The number of likely N-dealkylation sites (tertiary alicyclic amines) is 1. The lowest BCUT2D eigenvalue weighted by atomic mass is 9.91. The van der Waals surface area contributed by atoms with E-state index in [1.165, 1.54) is 26.3 Å². The third-order valence-corrected chi connectivity index (χ3v) is 6.20. The Balaban J connectivity index is 1.38. The molecule has 1 heterocycles. The molecular weight excluding hydrogens is 415 g/mol. The van der Waals surface area contributed by atoms with Crippen molar-refractivity contribution < 1.29 is 28.3 Å². The summed E-state index contributed by atoms with van der Waals surface area (Å²) in [6, 6.07) is 4.51. The number of rotatable bonds is 7. The Morgan fingerprint density at radius 3 is 2.50 bits per heavy atom. The molecule has 178 valence electrons. The van der Waals surface area contributed by atoms with E-state index in [1.54, 1.807) is 6.07 Å². The van der Waals surface area contributed by atoms with Crippen molar-refractivity contribution in [3.63, 3.8) is 0 Å². The van der Waals surface area contributed by atoms with Gasteiger partial charge < -0.3 is 14.4 Å². The summed E-state index contributed by atoms with van der Waals surface area (Å²) in [5.74, 6) is 0.658. The van der Waals surface area contributed by atoms with Crippen LogP contribution in [0.4, 0.5) is 9.18 Å². The summed E-state index contributed by atoms with van der Waals surface area (Å²) >= 11 is 0. The number of nitrogens with zero attached hydrogens (tertiary/aromatic N) is 2. The van der Waals surface area contributed by atoms with Crippen LogP contribution in [-0.2, 0) is 20.9 Å². The van der Waals surface area contributed by atoms with Crippen molar-refractivity contribution in [2.24, 2.45) is 17.8 Å². The summed E-state index contributed by atoms with van der Waals surface area (Å²) in [5.41, 5.74) is 0.200. The fourth-order valence-corrected chi connectivity index (χ4v) is 4.28. The number of benzene rings is 1. The number of ether oxygens (including phenoxy) is 2. The van der Waals surface area contributed by atoms with Gasteiger partial charge in [0.25, 0.3) is 5.91 Å². The van der Waals surface area contributed by atoms with Gasteiger partial charge in [0.2, 0.25) is 0 Å². The lowest BCUT2D eigenvalue weighted by Gasteiger charge is -2.33. The van der Waals surface area contributed by atoms with E-state index in [0.29, 0.717) is 36.5 Å². The molecule has 1 aliphatic heterocycles. The summed E-state index contributed by atoms with van der Waals surface area (Å²) in [6.45, 7) is 8.09. The maximum absolute atomic E-state index is 14.3. The first-order valence-electron chi connectivity index (χ1n) is 11.3. The zero-order chi connectivity index (χ0) is 23.5. The van der Waals surface area contributed by atoms with Gasteiger partial charge in [-0.05, 0) is 75.5 Å². The number of halogens is 1. The Hall–Kier alpha value is -2.19. The van der Waals surface area contributed by atoms with E-state index in [4.69, 9.17) is 14.3 Å². The highest BCUT2D eigenvalue weighted by molar-refractivity contribution is 5.93. The van der Waals surface area contributed by atoms with Crippen LogP contribution >= 0.6 is 0 Å². The van der Waals surface area contributed by atoms with Crippen molar-refractivity contribution in [3.05, 3.63) is 35.1 Å². The van der Waals surface area contributed by atoms with Gasteiger partial charge in [0.05, 0.1) is 25.9 Å². The summed E-state index contributed by atoms with van der Waals surface area (Å²) in [7, 11) is 2.79. The van der Waals surface area contributed by atoms with Gasteiger partial charge in [0.15, 0.2) is 0 Å². The van der Waals surface area contributed by atoms with E-state index in [-0.39, 0.29) is 11.7 Å². The molecule has 0 aromatic heterocycles. The van der Waals surface area contributed by atoms with Crippen LogP contribution < -0.4 is 0 Å². The van der Waals surface area contributed by atoms with Crippen LogP contribution in [0.2, 0.25) is 0 Å². The average molecular weight is 451 g/mol. The summed E-state index contributed by atoms with van der Waals surface area (Å²) in [4.78, 5) is 30.9. The van der Waals surface area contributed by atoms with Gasteiger partial charge >= 0.3 is 6.09 Å². The van der Waals surface area contributed by atoms with Gasteiger partial charge in [-0.3, -0.25) is 9.63 Å². The van der Waals surface area contributed by atoms with E-state index in [9.17, 15) is 14.0 Å². The van der Waals surface area contributed by atoms with Crippen LogP contribution in [0, 0.1) is 23.6 Å². The highest BCUT2D eigenvalue weighted by Crippen LogP contribution is 2.48. The molecule has 0 radical (unpaired) electrons. The minimum Gasteiger partial charge on any atom is -0.444 e. The van der Waals surface area contributed by atoms with Gasteiger partial charge in [-0.25, -0.2) is 14.2 Å². The number of carbonyl (C=O) groups is 2. The number of hydrogen-bond donors (Lipinski definition) is 0. The molecule has 2 atom stereocenters.